The third kappa shape index (κ3) is 3.58. The van der Waals surface area contributed by atoms with Gasteiger partial charge in [0.05, 0.1) is 37.8 Å². The van der Waals surface area contributed by atoms with E-state index in [0.717, 1.165) is 29.0 Å². The number of benzene rings is 1. The second-order valence-corrected chi connectivity index (χ2v) is 7.12. The Labute approximate surface area is 166 Å². The Morgan fingerprint density at radius 1 is 1.21 bits per heavy atom. The van der Waals surface area contributed by atoms with E-state index in [1.165, 1.54) is 24.6 Å². The van der Waals surface area contributed by atoms with Crippen LogP contribution in [-0.4, -0.2) is 56.4 Å². The highest BCUT2D eigenvalue weighted by atomic mass is 32.1. The van der Waals surface area contributed by atoms with Gasteiger partial charge in [0.15, 0.2) is 5.13 Å². The predicted octanol–water partition coefficient (Wildman–Crippen LogP) is 2.80. The smallest absolute Gasteiger partial charge is 0.257 e. The predicted molar refractivity (Wildman–Crippen MR) is 108 cm³/mol. The molecule has 0 radical (unpaired) electrons. The number of thiazole rings is 1. The zero-order valence-corrected chi connectivity index (χ0v) is 16.4. The summed E-state index contributed by atoms with van der Waals surface area (Å²) < 4.78 is 17.0. The number of amides is 1. The number of carbonyl (C=O) groups excluding carboxylic acids is 1. The van der Waals surface area contributed by atoms with E-state index in [-0.39, 0.29) is 5.91 Å². The number of morpholine rings is 1. The molecule has 1 fully saturated rings. The van der Waals surface area contributed by atoms with Crippen molar-refractivity contribution in [2.45, 2.75) is 0 Å². The first-order valence-electron chi connectivity index (χ1n) is 8.81. The van der Waals surface area contributed by atoms with Crippen LogP contribution in [0.3, 0.4) is 0 Å². The summed E-state index contributed by atoms with van der Waals surface area (Å²) in [5.74, 6) is 0.786. The molecule has 9 heteroatoms. The van der Waals surface area contributed by atoms with Crippen molar-refractivity contribution in [3.8, 4) is 11.6 Å². The first kappa shape index (κ1) is 18.5. The minimum Gasteiger partial charge on any atom is -0.494 e. The third-order valence-electron chi connectivity index (χ3n) is 4.48. The van der Waals surface area contributed by atoms with E-state index in [1.807, 2.05) is 12.1 Å². The number of nitrogens with one attached hydrogen (secondary N) is 1. The first-order valence-corrected chi connectivity index (χ1v) is 9.63. The zero-order valence-electron chi connectivity index (χ0n) is 15.6. The summed E-state index contributed by atoms with van der Waals surface area (Å²) >= 11 is 1.43. The molecule has 146 valence electrons. The molecule has 8 nitrogen and oxygen atoms in total. The van der Waals surface area contributed by atoms with E-state index in [2.05, 4.69) is 20.2 Å². The fourth-order valence-corrected chi connectivity index (χ4v) is 4.09. The lowest BCUT2D eigenvalue weighted by atomic mass is 10.2. The fourth-order valence-electron chi connectivity index (χ4n) is 3.07. The van der Waals surface area contributed by atoms with Crippen LogP contribution in [0.2, 0.25) is 0 Å². The monoisotopic (exact) mass is 400 g/mol. The number of rotatable bonds is 5. The molecule has 1 amide bonds. The second kappa shape index (κ2) is 7.99. The normalized spacial score (nSPS) is 14.1. The van der Waals surface area contributed by atoms with Crippen LogP contribution in [0.4, 0.5) is 10.8 Å². The van der Waals surface area contributed by atoms with Gasteiger partial charge in [0.2, 0.25) is 5.88 Å². The van der Waals surface area contributed by atoms with Crippen molar-refractivity contribution >= 4 is 38.3 Å². The lowest BCUT2D eigenvalue weighted by Crippen LogP contribution is -2.36. The van der Waals surface area contributed by atoms with Gasteiger partial charge in [-0.25, -0.2) is 9.97 Å². The van der Waals surface area contributed by atoms with Crippen LogP contribution < -0.4 is 19.7 Å². The molecule has 1 saturated heterocycles. The third-order valence-corrected chi connectivity index (χ3v) is 5.48. The van der Waals surface area contributed by atoms with Crippen LogP contribution in [0.1, 0.15) is 10.4 Å². The number of fused-ring (bicyclic) bond motifs is 1. The van der Waals surface area contributed by atoms with Gasteiger partial charge in [0.25, 0.3) is 5.91 Å². The number of carbonyl (C=O) groups is 1. The summed E-state index contributed by atoms with van der Waals surface area (Å²) in [5, 5.41) is 3.38. The molecular formula is C19H20N4O4S. The van der Waals surface area contributed by atoms with Crippen molar-refractivity contribution in [1.29, 1.82) is 0 Å². The van der Waals surface area contributed by atoms with Gasteiger partial charge in [-0.2, -0.15) is 0 Å². The topological polar surface area (TPSA) is 85.8 Å². The molecule has 4 rings (SSSR count). The molecule has 3 aromatic rings. The first-order chi connectivity index (χ1) is 13.7. The molecule has 0 bridgehead atoms. The van der Waals surface area contributed by atoms with Gasteiger partial charge in [-0.05, 0) is 18.2 Å². The Morgan fingerprint density at radius 3 is 2.79 bits per heavy atom. The van der Waals surface area contributed by atoms with Crippen LogP contribution >= 0.6 is 11.3 Å². The largest absolute Gasteiger partial charge is 0.494 e. The summed E-state index contributed by atoms with van der Waals surface area (Å²) in [5.41, 5.74) is 2.26. The fraction of sp³-hybridized carbons (Fsp3) is 0.316. The number of hydrogen-bond acceptors (Lipinski definition) is 8. The molecule has 2 aromatic heterocycles. The van der Waals surface area contributed by atoms with Gasteiger partial charge in [-0.3, -0.25) is 10.1 Å². The number of pyridine rings is 1. The number of anilines is 2. The van der Waals surface area contributed by atoms with E-state index in [1.54, 1.807) is 19.2 Å². The number of nitrogens with zero attached hydrogens (tertiary/aromatic N) is 3. The molecule has 28 heavy (non-hydrogen) atoms. The number of hydrogen-bond donors (Lipinski definition) is 1. The Morgan fingerprint density at radius 2 is 2.04 bits per heavy atom. The lowest BCUT2D eigenvalue weighted by Gasteiger charge is -2.29. The molecule has 1 N–H and O–H groups in total. The maximum absolute atomic E-state index is 12.6. The molecule has 1 aliphatic rings. The maximum atomic E-state index is 12.6. The Bertz CT molecular complexity index is 1000. The van der Waals surface area contributed by atoms with Crippen LogP contribution in [0.15, 0.2) is 30.5 Å². The summed E-state index contributed by atoms with van der Waals surface area (Å²) in [6.07, 6.45) is 1.53. The maximum Gasteiger partial charge on any atom is 0.257 e. The van der Waals surface area contributed by atoms with E-state index in [9.17, 15) is 4.79 Å². The summed E-state index contributed by atoms with van der Waals surface area (Å²) in [7, 11) is 3.13. The Kier molecular flexibility index (Phi) is 5.27. The average molecular weight is 400 g/mol. The summed E-state index contributed by atoms with van der Waals surface area (Å²) in [4.78, 5) is 23.5. The number of ether oxygens (including phenoxy) is 3. The number of methoxy groups -OCH3 is 2. The van der Waals surface area contributed by atoms with Gasteiger partial charge >= 0.3 is 0 Å². The van der Waals surface area contributed by atoms with E-state index >= 15 is 0 Å². The van der Waals surface area contributed by atoms with Gasteiger partial charge in [0.1, 0.15) is 11.3 Å². The molecule has 1 aliphatic heterocycles. The average Bonchev–Trinajstić information content (AvgIpc) is 3.17. The molecular weight excluding hydrogens is 380 g/mol. The van der Waals surface area contributed by atoms with Crippen molar-refractivity contribution in [1.82, 2.24) is 9.97 Å². The summed E-state index contributed by atoms with van der Waals surface area (Å²) in [6, 6.07) is 7.16. The highest BCUT2D eigenvalue weighted by Gasteiger charge is 2.20. The van der Waals surface area contributed by atoms with Crippen molar-refractivity contribution in [2.24, 2.45) is 0 Å². The zero-order chi connectivity index (χ0) is 19.5. The van der Waals surface area contributed by atoms with Crippen molar-refractivity contribution in [3.05, 3.63) is 36.0 Å². The highest BCUT2D eigenvalue weighted by Crippen LogP contribution is 2.39. The van der Waals surface area contributed by atoms with E-state index < -0.39 is 0 Å². The van der Waals surface area contributed by atoms with Crippen molar-refractivity contribution in [3.63, 3.8) is 0 Å². The second-order valence-electron chi connectivity index (χ2n) is 6.12. The van der Waals surface area contributed by atoms with Gasteiger partial charge in [0, 0.05) is 30.9 Å². The van der Waals surface area contributed by atoms with E-state index in [4.69, 9.17) is 14.2 Å². The van der Waals surface area contributed by atoms with Crippen molar-refractivity contribution in [2.75, 3.05) is 50.7 Å². The molecule has 0 spiro atoms. The van der Waals surface area contributed by atoms with Crippen LogP contribution in [0.5, 0.6) is 11.6 Å². The molecule has 1 aromatic carbocycles. The number of aromatic nitrogens is 2. The highest BCUT2D eigenvalue weighted by molar-refractivity contribution is 7.23. The van der Waals surface area contributed by atoms with Crippen LogP contribution in [-0.2, 0) is 4.74 Å². The van der Waals surface area contributed by atoms with Crippen molar-refractivity contribution < 1.29 is 19.0 Å². The Balaban J connectivity index is 1.66. The quantitative estimate of drug-likeness (QED) is 0.705. The molecule has 0 aliphatic carbocycles. The lowest BCUT2D eigenvalue weighted by molar-refractivity contribution is 0.102. The molecule has 0 saturated carbocycles. The SMILES string of the molecule is COc1cc(C(=O)Nc2nc3c(OC)ccc(N4CCOCC4)c3s2)ccn1. The van der Waals surface area contributed by atoms with E-state index in [0.29, 0.717) is 35.5 Å². The van der Waals surface area contributed by atoms with Gasteiger partial charge in [-0.15, -0.1) is 0 Å². The standard InChI is InChI=1S/C19H20N4O4S/c1-25-14-4-3-13(23-7-9-27-10-8-23)17-16(14)21-19(28-17)22-18(24)12-5-6-20-15(11-12)26-2/h3-6,11H,7-10H2,1-2H3,(H,21,22,24). The van der Waals surface area contributed by atoms with Gasteiger partial charge < -0.3 is 19.1 Å². The van der Waals surface area contributed by atoms with Gasteiger partial charge in [-0.1, -0.05) is 11.3 Å². The van der Waals surface area contributed by atoms with Crippen LogP contribution in [0, 0.1) is 0 Å². The summed E-state index contributed by atoms with van der Waals surface area (Å²) in [6.45, 7) is 3.02. The minimum atomic E-state index is -0.272. The Hall–Kier alpha value is -2.91. The van der Waals surface area contributed by atoms with Crippen LogP contribution in [0.25, 0.3) is 10.2 Å². The molecule has 0 unspecified atom stereocenters. The molecule has 3 heterocycles. The minimum absolute atomic E-state index is 0.272. The molecule has 0 atom stereocenters.